The largest absolute Gasteiger partial charge is 0.398 e. The SMILES string of the molecule is CCCCCCCCc1cccc(CCCCCCCC)c1N. The lowest BCUT2D eigenvalue weighted by molar-refractivity contribution is 0.605. The van der Waals surface area contributed by atoms with Crippen molar-refractivity contribution in [2.45, 2.75) is 104 Å². The molecule has 0 unspecified atom stereocenters. The van der Waals surface area contributed by atoms with Gasteiger partial charge in [-0.15, -0.1) is 0 Å². The van der Waals surface area contributed by atoms with Gasteiger partial charge in [-0.05, 0) is 36.8 Å². The number of para-hydroxylation sites is 1. The maximum atomic E-state index is 6.41. The fraction of sp³-hybridized carbons (Fsp3) is 0.727. The van der Waals surface area contributed by atoms with Crippen LogP contribution < -0.4 is 5.73 Å². The lowest BCUT2D eigenvalue weighted by Crippen LogP contribution is -2.00. The van der Waals surface area contributed by atoms with Gasteiger partial charge in [0.1, 0.15) is 0 Å². The number of hydrogen-bond donors (Lipinski definition) is 1. The van der Waals surface area contributed by atoms with Crippen LogP contribution >= 0.6 is 0 Å². The van der Waals surface area contributed by atoms with Crippen LogP contribution in [0.5, 0.6) is 0 Å². The molecule has 1 aromatic rings. The molecule has 132 valence electrons. The highest BCUT2D eigenvalue weighted by molar-refractivity contribution is 5.53. The molecule has 0 aliphatic heterocycles. The van der Waals surface area contributed by atoms with Crippen LogP contribution in [0.25, 0.3) is 0 Å². The van der Waals surface area contributed by atoms with Crippen LogP contribution in [0, 0.1) is 0 Å². The van der Waals surface area contributed by atoms with E-state index in [9.17, 15) is 0 Å². The lowest BCUT2D eigenvalue weighted by Gasteiger charge is -2.11. The van der Waals surface area contributed by atoms with Crippen LogP contribution in [0.4, 0.5) is 5.69 Å². The van der Waals surface area contributed by atoms with Gasteiger partial charge >= 0.3 is 0 Å². The van der Waals surface area contributed by atoms with E-state index in [1.165, 1.54) is 88.2 Å². The van der Waals surface area contributed by atoms with Gasteiger partial charge in [0.25, 0.3) is 0 Å². The number of unbranched alkanes of at least 4 members (excludes halogenated alkanes) is 10. The first-order chi connectivity index (χ1) is 11.3. The number of nitrogens with two attached hydrogens (primary N) is 1. The van der Waals surface area contributed by atoms with Crippen molar-refractivity contribution in [3.63, 3.8) is 0 Å². The van der Waals surface area contributed by atoms with Gasteiger partial charge in [0, 0.05) is 5.69 Å². The zero-order valence-corrected chi connectivity index (χ0v) is 15.7. The Balaban J connectivity index is 2.27. The standard InChI is InChI=1S/C22H39N/c1-3-5-7-9-11-13-16-20-18-15-19-21(22(20)23)17-14-12-10-8-6-4-2/h15,18-19H,3-14,16-17,23H2,1-2H3. The average molecular weight is 318 g/mol. The first-order valence-electron chi connectivity index (χ1n) is 10.2. The maximum Gasteiger partial charge on any atom is 0.0379 e. The second-order valence-corrected chi connectivity index (χ2v) is 7.03. The Morgan fingerprint density at radius 2 is 1.00 bits per heavy atom. The highest BCUT2D eigenvalue weighted by Crippen LogP contribution is 2.22. The summed E-state index contributed by atoms with van der Waals surface area (Å²) in [6.07, 6.45) is 18.5. The predicted molar refractivity (Wildman–Crippen MR) is 105 cm³/mol. The van der Waals surface area contributed by atoms with Gasteiger partial charge in [0.2, 0.25) is 0 Å². The quantitative estimate of drug-likeness (QED) is 0.288. The number of anilines is 1. The number of aryl methyl sites for hydroxylation is 2. The Kier molecular flexibility index (Phi) is 11.7. The second kappa shape index (κ2) is 13.5. The molecular formula is C22H39N. The van der Waals surface area contributed by atoms with E-state index in [1.54, 1.807) is 0 Å². The van der Waals surface area contributed by atoms with Crippen LogP contribution in [-0.4, -0.2) is 0 Å². The number of hydrogen-bond acceptors (Lipinski definition) is 1. The Labute approximate surface area is 145 Å². The third kappa shape index (κ3) is 9.03. The Bertz CT molecular complexity index is 363. The fourth-order valence-corrected chi connectivity index (χ4v) is 3.29. The summed E-state index contributed by atoms with van der Waals surface area (Å²) in [5.41, 5.74) is 10.2. The molecule has 0 spiro atoms. The van der Waals surface area contributed by atoms with E-state index >= 15 is 0 Å². The summed E-state index contributed by atoms with van der Waals surface area (Å²) in [5, 5.41) is 0. The smallest absolute Gasteiger partial charge is 0.0379 e. The molecule has 0 fully saturated rings. The molecule has 0 aliphatic rings. The summed E-state index contributed by atoms with van der Waals surface area (Å²) in [5.74, 6) is 0. The summed E-state index contributed by atoms with van der Waals surface area (Å²) in [7, 11) is 0. The normalized spacial score (nSPS) is 11.0. The average Bonchev–Trinajstić information content (AvgIpc) is 2.56. The molecule has 1 heteroatoms. The van der Waals surface area contributed by atoms with Crippen LogP contribution in [0.1, 0.15) is 102 Å². The fourth-order valence-electron chi connectivity index (χ4n) is 3.29. The molecule has 0 heterocycles. The van der Waals surface area contributed by atoms with Gasteiger partial charge in [-0.1, -0.05) is 96.3 Å². The summed E-state index contributed by atoms with van der Waals surface area (Å²) in [6, 6.07) is 6.66. The van der Waals surface area contributed by atoms with Crippen molar-refractivity contribution < 1.29 is 0 Å². The van der Waals surface area contributed by atoms with Crippen molar-refractivity contribution in [1.29, 1.82) is 0 Å². The molecule has 0 radical (unpaired) electrons. The van der Waals surface area contributed by atoms with Gasteiger partial charge in [0.15, 0.2) is 0 Å². The van der Waals surface area contributed by atoms with Crippen molar-refractivity contribution in [2.75, 3.05) is 5.73 Å². The molecule has 0 aliphatic carbocycles. The van der Waals surface area contributed by atoms with Crippen molar-refractivity contribution in [2.24, 2.45) is 0 Å². The van der Waals surface area contributed by atoms with E-state index in [1.807, 2.05) is 0 Å². The van der Waals surface area contributed by atoms with E-state index in [0.717, 1.165) is 18.5 Å². The first-order valence-corrected chi connectivity index (χ1v) is 10.2. The Morgan fingerprint density at radius 3 is 1.43 bits per heavy atom. The van der Waals surface area contributed by atoms with E-state index in [2.05, 4.69) is 32.0 Å². The molecule has 0 atom stereocenters. The summed E-state index contributed by atoms with van der Waals surface area (Å²) in [4.78, 5) is 0. The molecule has 0 saturated carbocycles. The van der Waals surface area contributed by atoms with Crippen molar-refractivity contribution >= 4 is 5.69 Å². The molecule has 0 bridgehead atoms. The molecule has 0 saturated heterocycles. The van der Waals surface area contributed by atoms with Crippen molar-refractivity contribution in [1.82, 2.24) is 0 Å². The van der Waals surface area contributed by atoms with E-state index in [0.29, 0.717) is 0 Å². The van der Waals surface area contributed by atoms with Gasteiger partial charge < -0.3 is 5.73 Å². The van der Waals surface area contributed by atoms with Gasteiger partial charge in [-0.3, -0.25) is 0 Å². The van der Waals surface area contributed by atoms with Crippen molar-refractivity contribution in [3.8, 4) is 0 Å². The molecule has 1 aromatic carbocycles. The third-order valence-corrected chi connectivity index (χ3v) is 4.89. The summed E-state index contributed by atoms with van der Waals surface area (Å²) >= 11 is 0. The van der Waals surface area contributed by atoms with Crippen LogP contribution in [0.3, 0.4) is 0 Å². The zero-order chi connectivity index (χ0) is 16.8. The molecule has 1 nitrogen and oxygen atoms in total. The van der Waals surface area contributed by atoms with Crippen molar-refractivity contribution in [3.05, 3.63) is 29.3 Å². The maximum absolute atomic E-state index is 6.41. The molecule has 2 N–H and O–H groups in total. The Morgan fingerprint density at radius 1 is 0.609 bits per heavy atom. The topological polar surface area (TPSA) is 26.0 Å². The molecule has 23 heavy (non-hydrogen) atoms. The van der Waals surface area contributed by atoms with E-state index < -0.39 is 0 Å². The predicted octanol–water partition coefficient (Wildman–Crippen LogP) is 7.07. The minimum absolute atomic E-state index is 1.08. The van der Waals surface area contributed by atoms with Crippen LogP contribution in [-0.2, 0) is 12.8 Å². The Hall–Kier alpha value is -0.980. The second-order valence-electron chi connectivity index (χ2n) is 7.03. The minimum Gasteiger partial charge on any atom is -0.398 e. The van der Waals surface area contributed by atoms with Gasteiger partial charge in [-0.25, -0.2) is 0 Å². The highest BCUT2D eigenvalue weighted by atomic mass is 14.6. The minimum atomic E-state index is 1.08. The zero-order valence-electron chi connectivity index (χ0n) is 15.7. The monoisotopic (exact) mass is 317 g/mol. The van der Waals surface area contributed by atoms with E-state index in [-0.39, 0.29) is 0 Å². The third-order valence-electron chi connectivity index (χ3n) is 4.89. The number of benzene rings is 1. The van der Waals surface area contributed by atoms with Gasteiger partial charge in [-0.2, -0.15) is 0 Å². The number of rotatable bonds is 14. The van der Waals surface area contributed by atoms with E-state index in [4.69, 9.17) is 5.73 Å². The highest BCUT2D eigenvalue weighted by Gasteiger charge is 2.05. The van der Waals surface area contributed by atoms with Gasteiger partial charge in [0.05, 0.1) is 0 Å². The molecular weight excluding hydrogens is 278 g/mol. The van der Waals surface area contributed by atoms with Crippen LogP contribution in [0.15, 0.2) is 18.2 Å². The lowest BCUT2D eigenvalue weighted by atomic mass is 9.97. The number of nitrogen functional groups attached to an aromatic ring is 1. The molecule has 1 rings (SSSR count). The molecule has 0 amide bonds. The molecule has 0 aromatic heterocycles. The first kappa shape index (κ1) is 20.1. The van der Waals surface area contributed by atoms with Crippen LogP contribution in [0.2, 0.25) is 0 Å². The summed E-state index contributed by atoms with van der Waals surface area (Å²) in [6.45, 7) is 4.55. The summed E-state index contributed by atoms with van der Waals surface area (Å²) < 4.78 is 0.